The Morgan fingerprint density at radius 3 is 2.83 bits per heavy atom. The van der Waals surface area contributed by atoms with Gasteiger partial charge in [-0.1, -0.05) is 13.0 Å². The van der Waals surface area contributed by atoms with E-state index in [9.17, 15) is 14.3 Å². The van der Waals surface area contributed by atoms with Crippen LogP contribution in [0.3, 0.4) is 0 Å². The number of rotatable bonds is 6. The summed E-state index contributed by atoms with van der Waals surface area (Å²) in [6.07, 6.45) is 0.603. The number of carbonyl (C=O) groups excluding carboxylic acids is 1. The van der Waals surface area contributed by atoms with E-state index in [0.717, 1.165) is 0 Å². The summed E-state index contributed by atoms with van der Waals surface area (Å²) in [5.41, 5.74) is -0.400. The fourth-order valence-electron chi connectivity index (χ4n) is 1.34. The summed E-state index contributed by atoms with van der Waals surface area (Å²) in [4.78, 5) is 11.5. The van der Waals surface area contributed by atoms with E-state index in [-0.39, 0.29) is 12.5 Å². The standard InChI is InChI=1S/C13H19FN2O2/c1-3-13(2,18)9-15-8-12(17)16-11-6-4-5-10(14)7-11/h4-7,15,18H,3,8-9H2,1-2H3,(H,16,17). The third kappa shape index (κ3) is 5.25. The fraction of sp³-hybridized carbons (Fsp3) is 0.462. The largest absolute Gasteiger partial charge is 0.389 e. The van der Waals surface area contributed by atoms with Gasteiger partial charge in [-0.05, 0) is 31.5 Å². The second-order valence-corrected chi connectivity index (χ2v) is 4.51. The molecule has 0 radical (unpaired) electrons. The number of halogens is 1. The Labute approximate surface area is 106 Å². The molecule has 0 bridgehead atoms. The maximum Gasteiger partial charge on any atom is 0.238 e. The zero-order chi connectivity index (χ0) is 13.6. The molecule has 0 aromatic heterocycles. The zero-order valence-electron chi connectivity index (χ0n) is 10.7. The highest BCUT2D eigenvalue weighted by Gasteiger charge is 2.16. The summed E-state index contributed by atoms with van der Waals surface area (Å²) in [6.45, 7) is 3.98. The molecule has 18 heavy (non-hydrogen) atoms. The number of nitrogens with one attached hydrogen (secondary N) is 2. The smallest absolute Gasteiger partial charge is 0.238 e. The number of hydrogen-bond donors (Lipinski definition) is 3. The van der Waals surface area contributed by atoms with Crippen LogP contribution in [0.5, 0.6) is 0 Å². The number of aliphatic hydroxyl groups is 1. The molecule has 1 unspecified atom stereocenters. The molecule has 0 spiro atoms. The highest BCUT2D eigenvalue weighted by molar-refractivity contribution is 5.92. The first-order valence-electron chi connectivity index (χ1n) is 5.91. The van der Waals surface area contributed by atoms with Crippen molar-refractivity contribution in [1.82, 2.24) is 5.32 Å². The van der Waals surface area contributed by atoms with Crippen LogP contribution in [0.15, 0.2) is 24.3 Å². The van der Waals surface area contributed by atoms with Crippen LogP contribution >= 0.6 is 0 Å². The Hall–Kier alpha value is -1.46. The van der Waals surface area contributed by atoms with Crippen molar-refractivity contribution in [2.24, 2.45) is 0 Å². The van der Waals surface area contributed by atoms with E-state index in [1.54, 1.807) is 13.0 Å². The van der Waals surface area contributed by atoms with E-state index in [4.69, 9.17) is 0 Å². The predicted molar refractivity (Wildman–Crippen MR) is 68.8 cm³/mol. The van der Waals surface area contributed by atoms with Crippen LogP contribution in [-0.2, 0) is 4.79 Å². The van der Waals surface area contributed by atoms with Gasteiger partial charge in [0.2, 0.25) is 5.91 Å². The van der Waals surface area contributed by atoms with Gasteiger partial charge in [0.05, 0.1) is 12.1 Å². The van der Waals surface area contributed by atoms with Gasteiger partial charge in [0.1, 0.15) is 5.82 Å². The van der Waals surface area contributed by atoms with E-state index in [2.05, 4.69) is 10.6 Å². The molecule has 0 heterocycles. The minimum absolute atomic E-state index is 0.0761. The molecule has 0 aliphatic carbocycles. The van der Waals surface area contributed by atoms with E-state index < -0.39 is 11.4 Å². The third-order valence-electron chi connectivity index (χ3n) is 2.66. The van der Waals surface area contributed by atoms with Crippen LogP contribution in [0.4, 0.5) is 10.1 Å². The SMILES string of the molecule is CCC(C)(O)CNCC(=O)Nc1cccc(F)c1. The summed E-state index contributed by atoms with van der Waals surface area (Å²) in [6, 6.07) is 5.70. The minimum atomic E-state index is -0.820. The summed E-state index contributed by atoms with van der Waals surface area (Å²) in [5.74, 6) is -0.665. The fourth-order valence-corrected chi connectivity index (χ4v) is 1.34. The van der Waals surface area contributed by atoms with Gasteiger partial charge in [0.25, 0.3) is 0 Å². The van der Waals surface area contributed by atoms with Crippen LogP contribution in [0.25, 0.3) is 0 Å². The van der Waals surface area contributed by atoms with Crippen molar-refractivity contribution < 1.29 is 14.3 Å². The lowest BCUT2D eigenvalue weighted by molar-refractivity contribution is -0.115. The lowest BCUT2D eigenvalue weighted by Crippen LogP contribution is -2.40. The van der Waals surface area contributed by atoms with Crippen LogP contribution in [-0.4, -0.2) is 29.7 Å². The molecular formula is C13H19FN2O2. The molecule has 1 atom stereocenters. The quantitative estimate of drug-likeness (QED) is 0.721. The molecule has 0 saturated heterocycles. The highest BCUT2D eigenvalue weighted by atomic mass is 19.1. The molecule has 1 aromatic rings. The lowest BCUT2D eigenvalue weighted by atomic mass is 10.0. The molecule has 1 rings (SSSR count). The molecule has 5 heteroatoms. The summed E-state index contributed by atoms with van der Waals surface area (Å²) >= 11 is 0. The van der Waals surface area contributed by atoms with Crippen molar-refractivity contribution >= 4 is 11.6 Å². The number of carbonyl (C=O) groups is 1. The maximum absolute atomic E-state index is 12.9. The number of benzene rings is 1. The molecule has 3 N–H and O–H groups in total. The molecule has 0 aliphatic rings. The van der Waals surface area contributed by atoms with Crippen molar-refractivity contribution in [1.29, 1.82) is 0 Å². The minimum Gasteiger partial charge on any atom is -0.389 e. The van der Waals surface area contributed by atoms with Crippen LogP contribution < -0.4 is 10.6 Å². The first kappa shape index (κ1) is 14.6. The molecule has 4 nitrogen and oxygen atoms in total. The van der Waals surface area contributed by atoms with Gasteiger partial charge >= 0.3 is 0 Å². The molecular weight excluding hydrogens is 235 g/mol. The van der Waals surface area contributed by atoms with E-state index >= 15 is 0 Å². The first-order valence-corrected chi connectivity index (χ1v) is 5.91. The summed E-state index contributed by atoms with van der Waals surface area (Å²) < 4.78 is 12.9. The molecule has 1 aromatic carbocycles. The van der Waals surface area contributed by atoms with Gasteiger partial charge in [0, 0.05) is 12.2 Å². The number of amides is 1. The van der Waals surface area contributed by atoms with Gasteiger partial charge in [-0.2, -0.15) is 0 Å². The van der Waals surface area contributed by atoms with Crippen molar-refractivity contribution in [2.75, 3.05) is 18.4 Å². The van der Waals surface area contributed by atoms with Gasteiger partial charge in [-0.15, -0.1) is 0 Å². The Balaban J connectivity index is 2.34. The summed E-state index contributed by atoms with van der Waals surface area (Å²) in [7, 11) is 0. The molecule has 1 amide bonds. The number of hydrogen-bond acceptors (Lipinski definition) is 3. The average Bonchev–Trinajstić information content (AvgIpc) is 2.28. The summed E-state index contributed by atoms with van der Waals surface area (Å²) in [5, 5.41) is 15.1. The van der Waals surface area contributed by atoms with E-state index in [1.165, 1.54) is 18.2 Å². The Kier molecular flexibility index (Phi) is 5.25. The highest BCUT2D eigenvalue weighted by Crippen LogP contribution is 2.09. The lowest BCUT2D eigenvalue weighted by Gasteiger charge is -2.21. The Morgan fingerprint density at radius 1 is 1.50 bits per heavy atom. The van der Waals surface area contributed by atoms with Crippen LogP contribution in [0.2, 0.25) is 0 Å². The second-order valence-electron chi connectivity index (χ2n) is 4.51. The molecule has 100 valence electrons. The van der Waals surface area contributed by atoms with Crippen molar-refractivity contribution in [3.63, 3.8) is 0 Å². The van der Waals surface area contributed by atoms with Gasteiger partial charge in [-0.3, -0.25) is 4.79 Å². The third-order valence-corrected chi connectivity index (χ3v) is 2.66. The molecule has 0 aliphatic heterocycles. The predicted octanol–water partition coefficient (Wildman–Crippen LogP) is 1.51. The number of anilines is 1. The molecule has 0 fully saturated rings. The molecule has 0 saturated carbocycles. The van der Waals surface area contributed by atoms with Crippen molar-refractivity contribution in [3.8, 4) is 0 Å². The van der Waals surface area contributed by atoms with Crippen molar-refractivity contribution in [2.45, 2.75) is 25.9 Å². The second kappa shape index (κ2) is 6.47. The maximum atomic E-state index is 12.9. The first-order chi connectivity index (χ1) is 8.43. The monoisotopic (exact) mass is 254 g/mol. The van der Waals surface area contributed by atoms with E-state index in [1.807, 2.05) is 6.92 Å². The van der Waals surface area contributed by atoms with Crippen LogP contribution in [0.1, 0.15) is 20.3 Å². The Bertz CT molecular complexity index is 408. The van der Waals surface area contributed by atoms with Gasteiger partial charge in [-0.25, -0.2) is 4.39 Å². The van der Waals surface area contributed by atoms with Crippen molar-refractivity contribution in [3.05, 3.63) is 30.1 Å². The topological polar surface area (TPSA) is 61.4 Å². The Morgan fingerprint density at radius 2 is 2.22 bits per heavy atom. The van der Waals surface area contributed by atoms with Gasteiger partial charge in [0.15, 0.2) is 0 Å². The average molecular weight is 254 g/mol. The van der Waals surface area contributed by atoms with Gasteiger partial charge < -0.3 is 15.7 Å². The normalized spacial score (nSPS) is 14.0. The van der Waals surface area contributed by atoms with Crippen LogP contribution in [0, 0.1) is 5.82 Å². The zero-order valence-corrected chi connectivity index (χ0v) is 10.7. The van der Waals surface area contributed by atoms with E-state index in [0.29, 0.717) is 18.7 Å².